The predicted octanol–water partition coefficient (Wildman–Crippen LogP) is 5.19. The number of rotatable bonds is 8. The third-order valence-corrected chi connectivity index (χ3v) is 7.02. The summed E-state index contributed by atoms with van der Waals surface area (Å²) in [4.78, 5) is 26.3. The fraction of sp³-hybridized carbons (Fsp3) is 0.167. The van der Waals surface area contributed by atoms with E-state index >= 15 is 0 Å². The fourth-order valence-corrected chi connectivity index (χ4v) is 5.19. The van der Waals surface area contributed by atoms with Crippen LogP contribution in [-0.4, -0.2) is 33.2 Å². The summed E-state index contributed by atoms with van der Waals surface area (Å²) in [7, 11) is 1.83. The molecule has 0 fully saturated rings. The van der Waals surface area contributed by atoms with E-state index in [9.17, 15) is 9.59 Å². The number of hydrogen-bond acceptors (Lipinski definition) is 7. The van der Waals surface area contributed by atoms with Crippen LogP contribution in [0.15, 0.2) is 77.5 Å². The third kappa shape index (κ3) is 5.15. The minimum Gasteiger partial charge on any atom is -0.462 e. The van der Waals surface area contributed by atoms with Gasteiger partial charge in [0.15, 0.2) is 5.16 Å². The Morgan fingerprint density at radius 1 is 1.12 bits per heavy atom. The molecule has 168 valence electrons. The number of esters is 1. The highest BCUT2D eigenvalue weighted by Crippen LogP contribution is 2.39. The highest BCUT2D eigenvalue weighted by atomic mass is 32.2. The second-order valence-corrected chi connectivity index (χ2v) is 9.01. The van der Waals surface area contributed by atoms with Crippen molar-refractivity contribution < 1.29 is 14.3 Å². The van der Waals surface area contributed by atoms with Crippen LogP contribution < -0.4 is 5.32 Å². The van der Waals surface area contributed by atoms with Gasteiger partial charge in [-0.1, -0.05) is 72.4 Å². The average molecular weight is 479 g/mol. The van der Waals surface area contributed by atoms with Gasteiger partial charge in [-0.15, -0.1) is 21.5 Å². The van der Waals surface area contributed by atoms with Gasteiger partial charge in [0.2, 0.25) is 5.91 Å². The molecule has 1 amide bonds. The number of benzene rings is 2. The quantitative estimate of drug-likeness (QED) is 0.277. The van der Waals surface area contributed by atoms with Crippen molar-refractivity contribution in [3.63, 3.8) is 0 Å². The van der Waals surface area contributed by atoms with E-state index in [1.807, 2.05) is 73.1 Å². The first kappa shape index (κ1) is 22.8. The SMILES string of the molecule is CCOC(=O)c1c(-c2ccccc2)csc1NC(=O)[C@@H](Sc1nncn1C)c1ccccc1. The van der Waals surface area contributed by atoms with Crippen molar-refractivity contribution in [1.82, 2.24) is 14.8 Å². The Morgan fingerprint density at radius 2 is 1.82 bits per heavy atom. The van der Waals surface area contributed by atoms with E-state index in [0.717, 1.165) is 16.7 Å². The molecule has 7 nitrogen and oxygen atoms in total. The second kappa shape index (κ2) is 10.5. The van der Waals surface area contributed by atoms with Gasteiger partial charge < -0.3 is 14.6 Å². The summed E-state index contributed by atoms with van der Waals surface area (Å²) < 4.78 is 7.07. The summed E-state index contributed by atoms with van der Waals surface area (Å²) >= 11 is 2.60. The number of nitrogens with one attached hydrogen (secondary N) is 1. The van der Waals surface area contributed by atoms with E-state index in [1.165, 1.54) is 23.1 Å². The van der Waals surface area contributed by atoms with Crippen LogP contribution >= 0.6 is 23.1 Å². The number of carbonyl (C=O) groups excluding carboxylic acids is 2. The summed E-state index contributed by atoms with van der Waals surface area (Å²) in [6.07, 6.45) is 1.59. The lowest BCUT2D eigenvalue weighted by atomic mass is 10.0. The first-order valence-electron chi connectivity index (χ1n) is 10.3. The molecule has 1 N–H and O–H groups in total. The van der Waals surface area contributed by atoms with E-state index < -0.39 is 11.2 Å². The standard InChI is InChI=1S/C24H22N4O3S2/c1-3-31-23(30)19-18(16-10-6-4-7-11-16)14-32-22(19)26-21(29)20(17-12-8-5-9-13-17)33-24-27-25-15-28(24)2/h4-15,20H,3H2,1-2H3,(H,26,29)/t20-/m0/s1. The first-order chi connectivity index (χ1) is 16.1. The number of aromatic nitrogens is 3. The minimum absolute atomic E-state index is 0.241. The predicted molar refractivity (Wildman–Crippen MR) is 130 cm³/mol. The van der Waals surface area contributed by atoms with Crippen molar-refractivity contribution in [2.45, 2.75) is 17.3 Å². The molecule has 2 aromatic heterocycles. The second-order valence-electron chi connectivity index (χ2n) is 7.06. The van der Waals surface area contributed by atoms with Crippen LogP contribution in [0.2, 0.25) is 0 Å². The maximum atomic E-state index is 13.5. The number of hydrogen-bond donors (Lipinski definition) is 1. The average Bonchev–Trinajstić information content (AvgIpc) is 3.44. The normalized spacial score (nSPS) is 11.7. The van der Waals surface area contributed by atoms with Gasteiger partial charge in [0.1, 0.15) is 22.1 Å². The minimum atomic E-state index is -0.591. The van der Waals surface area contributed by atoms with Crippen LogP contribution in [0.25, 0.3) is 11.1 Å². The lowest BCUT2D eigenvalue weighted by molar-refractivity contribution is -0.115. The molecule has 4 rings (SSSR count). The number of thioether (sulfide) groups is 1. The topological polar surface area (TPSA) is 86.1 Å². The van der Waals surface area contributed by atoms with Gasteiger partial charge >= 0.3 is 5.97 Å². The van der Waals surface area contributed by atoms with E-state index in [1.54, 1.807) is 17.8 Å². The van der Waals surface area contributed by atoms with Crippen LogP contribution in [-0.2, 0) is 16.6 Å². The Kier molecular flexibility index (Phi) is 7.21. The number of ether oxygens (including phenoxy) is 1. The molecule has 0 bridgehead atoms. The summed E-state index contributed by atoms with van der Waals surface area (Å²) in [5, 5.41) is 13.3. The van der Waals surface area contributed by atoms with Gasteiger partial charge in [0.05, 0.1) is 6.61 Å². The molecule has 0 saturated heterocycles. The molecule has 9 heteroatoms. The van der Waals surface area contributed by atoms with E-state index in [-0.39, 0.29) is 12.5 Å². The summed E-state index contributed by atoms with van der Waals surface area (Å²) in [5.41, 5.74) is 2.79. The Balaban J connectivity index is 1.68. The van der Waals surface area contributed by atoms with E-state index in [4.69, 9.17) is 4.74 Å². The highest BCUT2D eigenvalue weighted by molar-refractivity contribution is 8.00. The molecule has 0 aliphatic carbocycles. The first-order valence-corrected chi connectivity index (χ1v) is 12.0. The highest BCUT2D eigenvalue weighted by Gasteiger charge is 2.28. The van der Waals surface area contributed by atoms with Crippen LogP contribution in [0.4, 0.5) is 5.00 Å². The van der Waals surface area contributed by atoms with Gasteiger partial charge in [-0.3, -0.25) is 4.79 Å². The maximum Gasteiger partial charge on any atom is 0.341 e. The van der Waals surface area contributed by atoms with Crippen molar-refractivity contribution in [3.8, 4) is 11.1 Å². The van der Waals surface area contributed by atoms with Gasteiger partial charge in [0.25, 0.3) is 0 Å². The smallest absolute Gasteiger partial charge is 0.341 e. The molecule has 0 spiro atoms. The zero-order chi connectivity index (χ0) is 23.2. The Bertz CT molecular complexity index is 1240. The third-order valence-electron chi connectivity index (χ3n) is 4.83. The number of anilines is 1. The largest absolute Gasteiger partial charge is 0.462 e. The molecule has 0 unspecified atom stereocenters. The zero-order valence-electron chi connectivity index (χ0n) is 18.1. The number of carbonyl (C=O) groups is 2. The molecular weight excluding hydrogens is 456 g/mol. The van der Waals surface area contributed by atoms with Crippen molar-refractivity contribution in [2.75, 3.05) is 11.9 Å². The lowest BCUT2D eigenvalue weighted by Gasteiger charge is -2.16. The van der Waals surface area contributed by atoms with Crippen molar-refractivity contribution in [1.29, 1.82) is 0 Å². The molecule has 2 aromatic carbocycles. The Labute approximate surface area is 199 Å². The van der Waals surface area contributed by atoms with Crippen molar-refractivity contribution in [2.24, 2.45) is 7.05 Å². The van der Waals surface area contributed by atoms with Crippen molar-refractivity contribution in [3.05, 3.63) is 83.5 Å². The van der Waals surface area contributed by atoms with Crippen molar-refractivity contribution >= 4 is 40.0 Å². The Hall–Kier alpha value is -3.43. The molecule has 0 aliphatic heterocycles. The Morgan fingerprint density at radius 3 is 2.45 bits per heavy atom. The van der Waals surface area contributed by atoms with E-state index in [2.05, 4.69) is 15.5 Å². The summed E-state index contributed by atoms with van der Waals surface area (Å²) in [6.45, 7) is 2.00. The molecular formula is C24H22N4O3S2. The van der Waals surface area contributed by atoms with Gasteiger partial charge in [-0.2, -0.15) is 0 Å². The van der Waals surface area contributed by atoms with Gasteiger partial charge in [-0.05, 0) is 18.1 Å². The number of amides is 1. The number of aryl methyl sites for hydroxylation is 1. The molecule has 0 aliphatic rings. The van der Waals surface area contributed by atoms with Crippen LogP contribution in [0, 0.1) is 0 Å². The zero-order valence-corrected chi connectivity index (χ0v) is 19.7. The summed E-state index contributed by atoms with van der Waals surface area (Å²) in [6, 6.07) is 19.0. The fourth-order valence-electron chi connectivity index (χ4n) is 3.25. The lowest BCUT2D eigenvalue weighted by Crippen LogP contribution is -2.20. The van der Waals surface area contributed by atoms with E-state index in [0.29, 0.717) is 15.7 Å². The van der Waals surface area contributed by atoms with Gasteiger partial charge in [-0.25, -0.2) is 4.79 Å². The molecule has 4 aromatic rings. The molecule has 1 atom stereocenters. The van der Waals surface area contributed by atoms with Crippen LogP contribution in [0.3, 0.4) is 0 Å². The molecule has 2 heterocycles. The maximum absolute atomic E-state index is 13.5. The van der Waals surface area contributed by atoms with Gasteiger partial charge in [0, 0.05) is 18.0 Å². The molecule has 0 saturated carbocycles. The van der Waals surface area contributed by atoms with Crippen LogP contribution in [0.5, 0.6) is 0 Å². The molecule has 0 radical (unpaired) electrons. The number of thiophene rings is 1. The monoisotopic (exact) mass is 478 g/mol. The molecule has 33 heavy (non-hydrogen) atoms. The summed E-state index contributed by atoms with van der Waals surface area (Å²) in [5.74, 6) is -0.730. The number of nitrogens with zero attached hydrogens (tertiary/aromatic N) is 3. The van der Waals surface area contributed by atoms with Crippen LogP contribution in [0.1, 0.15) is 28.1 Å².